The highest BCUT2D eigenvalue weighted by atomic mass is 32.3. The SMILES string of the molecule is CS1(C)c2cc3c(cc2-c2c(-c4cccc5c4oc4cc(-c6nc(-c7ccccc7)cc(-c7ccccc7)n6)ccc45)cccc21)-c1ccccc1C31C2CC3CC(C2)CC1C3. The first-order valence-corrected chi connectivity index (χ1v) is 25.0. The molecule has 0 saturated heterocycles. The van der Waals surface area contributed by atoms with Crippen LogP contribution in [0.3, 0.4) is 0 Å². The summed E-state index contributed by atoms with van der Waals surface area (Å²) in [4.78, 5) is 13.3. The summed E-state index contributed by atoms with van der Waals surface area (Å²) < 4.78 is 7.03. The molecule has 0 amide bonds. The number of rotatable bonds is 4. The molecule has 0 unspecified atom stereocenters. The van der Waals surface area contributed by atoms with Crippen LogP contribution in [0.4, 0.5) is 0 Å². The van der Waals surface area contributed by atoms with Crippen molar-refractivity contribution in [3.63, 3.8) is 0 Å². The molecule has 7 aromatic carbocycles. The maximum absolute atomic E-state index is 7.03. The Bertz CT molecular complexity index is 3260. The highest BCUT2D eigenvalue weighted by Gasteiger charge is 2.62. The molecule has 4 bridgehead atoms. The summed E-state index contributed by atoms with van der Waals surface area (Å²) in [6, 6.07) is 58.0. The van der Waals surface area contributed by atoms with Crippen LogP contribution in [0.2, 0.25) is 0 Å². The Morgan fingerprint density at radius 3 is 1.85 bits per heavy atom. The van der Waals surface area contributed by atoms with E-state index in [0.29, 0.717) is 5.82 Å². The molecular formula is C58H46N2OS. The van der Waals surface area contributed by atoms with Gasteiger partial charge in [-0.2, -0.15) is 10.0 Å². The van der Waals surface area contributed by atoms with Gasteiger partial charge in [-0.3, -0.25) is 0 Å². The van der Waals surface area contributed by atoms with Crippen molar-refractivity contribution in [3.05, 3.63) is 169 Å². The molecule has 62 heavy (non-hydrogen) atoms. The number of benzene rings is 7. The predicted molar refractivity (Wildman–Crippen MR) is 256 cm³/mol. The van der Waals surface area contributed by atoms with E-state index in [2.05, 4.69) is 158 Å². The van der Waals surface area contributed by atoms with Crippen LogP contribution in [0.5, 0.6) is 0 Å². The van der Waals surface area contributed by atoms with Crippen molar-refractivity contribution in [2.24, 2.45) is 23.7 Å². The van der Waals surface area contributed by atoms with Gasteiger partial charge in [0.15, 0.2) is 5.82 Å². The van der Waals surface area contributed by atoms with Crippen LogP contribution in [0, 0.1) is 23.7 Å². The molecule has 15 rings (SSSR count). The second-order valence-corrected chi connectivity index (χ2v) is 22.8. The van der Waals surface area contributed by atoms with E-state index in [-0.39, 0.29) is 5.41 Å². The molecule has 1 spiro atoms. The van der Waals surface area contributed by atoms with Gasteiger partial charge in [0.1, 0.15) is 11.2 Å². The number of furan rings is 1. The summed E-state index contributed by atoms with van der Waals surface area (Å²) in [5, 5.41) is 2.23. The number of hydrogen-bond donors (Lipinski definition) is 0. The highest BCUT2D eigenvalue weighted by Crippen LogP contribution is 2.74. The number of aromatic nitrogens is 2. The lowest BCUT2D eigenvalue weighted by molar-refractivity contribution is -0.0400. The smallest absolute Gasteiger partial charge is 0.160 e. The topological polar surface area (TPSA) is 38.9 Å². The van der Waals surface area contributed by atoms with Gasteiger partial charge in [0, 0.05) is 53.8 Å². The molecule has 300 valence electrons. The monoisotopic (exact) mass is 818 g/mol. The van der Waals surface area contributed by atoms with Crippen molar-refractivity contribution in [1.82, 2.24) is 9.97 Å². The molecule has 3 heterocycles. The average molecular weight is 819 g/mol. The van der Waals surface area contributed by atoms with E-state index < -0.39 is 10.0 Å². The lowest BCUT2D eigenvalue weighted by atomic mass is 9.43. The third kappa shape index (κ3) is 4.74. The minimum Gasteiger partial charge on any atom is -0.455 e. The molecule has 4 fully saturated rings. The Kier molecular flexibility index (Phi) is 7.23. The van der Waals surface area contributed by atoms with Crippen molar-refractivity contribution in [2.45, 2.75) is 47.3 Å². The number of para-hydroxylation sites is 1. The second kappa shape index (κ2) is 12.7. The fourth-order valence-corrected chi connectivity index (χ4v) is 16.1. The van der Waals surface area contributed by atoms with Crippen LogP contribution in [0.1, 0.15) is 43.2 Å². The molecule has 0 N–H and O–H groups in total. The molecule has 0 radical (unpaired) electrons. The summed E-state index contributed by atoms with van der Waals surface area (Å²) in [5.74, 6) is 4.06. The van der Waals surface area contributed by atoms with E-state index >= 15 is 0 Å². The fourth-order valence-electron chi connectivity index (χ4n) is 13.6. The Morgan fingerprint density at radius 1 is 0.484 bits per heavy atom. The van der Waals surface area contributed by atoms with Crippen molar-refractivity contribution < 1.29 is 4.42 Å². The van der Waals surface area contributed by atoms with Crippen molar-refractivity contribution in [3.8, 4) is 67.3 Å². The van der Waals surface area contributed by atoms with Gasteiger partial charge in [-0.15, -0.1) is 0 Å². The van der Waals surface area contributed by atoms with Gasteiger partial charge in [-0.25, -0.2) is 9.97 Å². The Balaban J connectivity index is 0.927. The molecule has 2 aromatic heterocycles. The van der Waals surface area contributed by atoms with Crippen LogP contribution >= 0.6 is 10.0 Å². The quantitative estimate of drug-likeness (QED) is 0.178. The van der Waals surface area contributed by atoms with E-state index in [1.54, 1.807) is 16.0 Å². The van der Waals surface area contributed by atoms with Gasteiger partial charge >= 0.3 is 0 Å². The third-order valence-electron chi connectivity index (χ3n) is 16.0. The van der Waals surface area contributed by atoms with Crippen LogP contribution in [-0.2, 0) is 5.41 Å². The highest BCUT2D eigenvalue weighted by molar-refractivity contribution is 8.33. The van der Waals surface area contributed by atoms with Gasteiger partial charge in [0.05, 0.1) is 11.4 Å². The fraction of sp³-hybridized carbons (Fsp3) is 0.207. The molecule has 0 atom stereocenters. The zero-order chi connectivity index (χ0) is 40.9. The zero-order valence-electron chi connectivity index (χ0n) is 35.1. The van der Waals surface area contributed by atoms with E-state index in [4.69, 9.17) is 14.4 Å². The molecular weight excluding hydrogens is 773 g/mol. The van der Waals surface area contributed by atoms with Crippen molar-refractivity contribution in [1.29, 1.82) is 0 Å². The maximum Gasteiger partial charge on any atom is 0.160 e. The van der Waals surface area contributed by atoms with Gasteiger partial charge < -0.3 is 4.42 Å². The minimum absolute atomic E-state index is 0.164. The van der Waals surface area contributed by atoms with Crippen LogP contribution in [0.15, 0.2) is 172 Å². The third-order valence-corrected chi connectivity index (χ3v) is 18.8. The van der Waals surface area contributed by atoms with Gasteiger partial charge in [-0.05, 0) is 138 Å². The molecule has 3 nitrogen and oxygen atoms in total. The Hall–Kier alpha value is -6.23. The molecule has 4 saturated carbocycles. The van der Waals surface area contributed by atoms with E-state index in [1.165, 1.54) is 64.8 Å². The average Bonchev–Trinajstić information content (AvgIpc) is 3.91. The molecule has 6 aliphatic rings. The molecule has 9 aromatic rings. The first-order valence-electron chi connectivity index (χ1n) is 22.5. The number of nitrogens with zero attached hydrogens (tertiary/aromatic N) is 2. The predicted octanol–water partition coefficient (Wildman–Crippen LogP) is 15.2. The molecule has 1 aliphatic heterocycles. The summed E-state index contributed by atoms with van der Waals surface area (Å²) in [6.45, 7) is 0. The standard InChI is InChI=1S/C58H46N2OS/c1-62(2)53-22-12-18-43(55(53)47-31-46-41-17-9-10-21-48(41)58(49(46)32-54(47)62)39-26-34-25-35(28-39)29-40(58)27-34)45-20-11-19-44-42-24-23-38(30-52(42)61-56(44)45)57-59-50(36-13-5-3-6-14-36)33-51(60-57)37-15-7-4-8-16-37/h3-24,30-35,39-40H,25-29H2,1-2H3. The first kappa shape index (κ1) is 35.4. The minimum atomic E-state index is -1.29. The van der Waals surface area contributed by atoms with Gasteiger partial charge in [0.25, 0.3) is 0 Å². The van der Waals surface area contributed by atoms with Crippen LogP contribution in [-0.4, -0.2) is 22.5 Å². The lowest BCUT2D eigenvalue weighted by Crippen LogP contribution is -2.55. The summed E-state index contributed by atoms with van der Waals surface area (Å²) in [7, 11) is -1.29. The maximum atomic E-state index is 7.03. The van der Waals surface area contributed by atoms with Gasteiger partial charge in [0.2, 0.25) is 0 Å². The Morgan fingerprint density at radius 2 is 1.13 bits per heavy atom. The second-order valence-electron chi connectivity index (χ2n) is 19.3. The first-order chi connectivity index (χ1) is 30.4. The van der Waals surface area contributed by atoms with Crippen molar-refractivity contribution in [2.75, 3.05) is 12.5 Å². The molecule has 4 heteroatoms. The van der Waals surface area contributed by atoms with Gasteiger partial charge in [-0.1, -0.05) is 121 Å². The summed E-state index contributed by atoms with van der Waals surface area (Å²) in [5.41, 5.74) is 18.3. The van der Waals surface area contributed by atoms with Crippen LogP contribution < -0.4 is 0 Å². The summed E-state index contributed by atoms with van der Waals surface area (Å²) >= 11 is 0. The molecule has 5 aliphatic carbocycles. The van der Waals surface area contributed by atoms with Crippen molar-refractivity contribution >= 4 is 32.0 Å². The van der Waals surface area contributed by atoms with E-state index in [0.717, 1.165) is 79.3 Å². The van der Waals surface area contributed by atoms with E-state index in [1.807, 2.05) is 12.1 Å². The lowest BCUT2D eigenvalue weighted by Gasteiger charge is -2.61. The largest absolute Gasteiger partial charge is 0.455 e. The summed E-state index contributed by atoms with van der Waals surface area (Å²) in [6.07, 6.45) is 12.2. The Labute approximate surface area is 364 Å². The number of hydrogen-bond acceptors (Lipinski definition) is 3. The number of fused-ring (bicyclic) bond motifs is 9. The normalized spacial score (nSPS) is 23.7. The zero-order valence-corrected chi connectivity index (χ0v) is 35.9. The van der Waals surface area contributed by atoms with E-state index in [9.17, 15) is 0 Å². The van der Waals surface area contributed by atoms with Crippen LogP contribution in [0.25, 0.3) is 89.2 Å².